The van der Waals surface area contributed by atoms with Gasteiger partial charge in [0.2, 0.25) is 0 Å². The summed E-state index contributed by atoms with van der Waals surface area (Å²) < 4.78 is 10.3. The normalized spacial score (nSPS) is 17.1. The molecule has 3 rings (SSSR count). The van der Waals surface area contributed by atoms with Crippen LogP contribution in [0.5, 0.6) is 0 Å². The minimum Gasteiger partial charge on any atom is -0.436 e. The molecule has 0 radical (unpaired) electrons. The zero-order valence-corrected chi connectivity index (χ0v) is 23.2. The third-order valence-electron chi connectivity index (χ3n) is 6.09. The Morgan fingerprint density at radius 1 is 0.805 bits per heavy atom. The first-order valence-electron chi connectivity index (χ1n) is 13.3. The van der Waals surface area contributed by atoms with Crippen LogP contribution >= 0.6 is 0 Å². The van der Waals surface area contributed by atoms with Gasteiger partial charge in [-0.3, -0.25) is 0 Å². The second-order valence-electron chi connectivity index (χ2n) is 9.44. The number of alkyl carbamates (subject to hydrolysis) is 2. The van der Waals surface area contributed by atoms with Crippen LogP contribution in [0, 0.1) is 29.1 Å². The van der Waals surface area contributed by atoms with E-state index in [1.54, 1.807) is 0 Å². The molecule has 1 aliphatic carbocycles. The molecule has 0 saturated heterocycles. The van der Waals surface area contributed by atoms with Crippen molar-refractivity contribution in [2.24, 2.45) is 16.9 Å². The van der Waals surface area contributed by atoms with Crippen molar-refractivity contribution in [1.29, 1.82) is 0 Å². The van der Waals surface area contributed by atoms with Gasteiger partial charge in [-0.15, -0.1) is 0 Å². The van der Waals surface area contributed by atoms with Crippen molar-refractivity contribution in [2.45, 2.75) is 39.5 Å². The number of nitrogens with one attached hydrogen (secondary N) is 2. The number of nitrogens with two attached hydrogens (primary N) is 2. The molecule has 0 heterocycles. The van der Waals surface area contributed by atoms with Gasteiger partial charge < -0.3 is 31.6 Å². The summed E-state index contributed by atoms with van der Waals surface area (Å²) in [5, 5.41) is 5.41. The quantitative estimate of drug-likeness (QED) is 0.287. The Bertz CT molecular complexity index is 1390. The lowest BCUT2D eigenvalue weighted by molar-refractivity contribution is 0.158. The van der Waals surface area contributed by atoms with Gasteiger partial charge in [-0.25, -0.2) is 9.59 Å². The first kappa shape index (κ1) is 30.8. The van der Waals surface area contributed by atoms with Crippen LogP contribution in [-0.2, 0) is 35.7 Å². The van der Waals surface area contributed by atoms with Crippen LogP contribution in [-0.4, -0.2) is 25.4 Å². The maximum Gasteiger partial charge on any atom is 0.408 e. The van der Waals surface area contributed by atoms with Crippen molar-refractivity contribution in [1.82, 2.24) is 10.6 Å². The molecule has 0 bridgehead atoms. The number of hydrogen-bond acceptors (Lipinski definition) is 6. The van der Waals surface area contributed by atoms with E-state index in [0.717, 1.165) is 27.8 Å². The summed E-state index contributed by atoms with van der Waals surface area (Å²) >= 11 is 0. The van der Waals surface area contributed by atoms with Gasteiger partial charge in [0.1, 0.15) is 0 Å². The molecule has 2 aromatic carbocycles. The maximum atomic E-state index is 12.0. The van der Waals surface area contributed by atoms with Gasteiger partial charge in [0.05, 0.1) is 5.41 Å². The molecule has 1 aliphatic rings. The average molecular weight is 553 g/mol. The Labute approximate surface area is 241 Å². The fraction of sp³-hybridized carbons (Fsp3) is 0.273. The summed E-state index contributed by atoms with van der Waals surface area (Å²) in [6.07, 6.45) is 9.30. The van der Waals surface area contributed by atoms with E-state index < -0.39 is 17.6 Å². The lowest BCUT2D eigenvalue weighted by Crippen LogP contribution is -2.24. The van der Waals surface area contributed by atoms with Crippen LogP contribution in [0.2, 0.25) is 0 Å². The van der Waals surface area contributed by atoms with Gasteiger partial charge in [-0.1, -0.05) is 103 Å². The topological polar surface area (TPSA) is 129 Å². The molecule has 2 amide bonds. The van der Waals surface area contributed by atoms with Crippen LogP contribution in [0.25, 0.3) is 0 Å². The Kier molecular flexibility index (Phi) is 12.3. The van der Waals surface area contributed by atoms with Crippen molar-refractivity contribution in [3.63, 3.8) is 0 Å². The van der Waals surface area contributed by atoms with Crippen molar-refractivity contribution in [3.8, 4) is 23.7 Å². The van der Waals surface area contributed by atoms with Gasteiger partial charge in [0.15, 0.2) is 13.2 Å². The largest absolute Gasteiger partial charge is 0.436 e. The fourth-order valence-electron chi connectivity index (χ4n) is 3.71. The summed E-state index contributed by atoms with van der Waals surface area (Å²) in [5.41, 5.74) is 15.5. The molecule has 41 heavy (non-hydrogen) atoms. The molecule has 6 N–H and O–H groups in total. The molecule has 8 heteroatoms. The third-order valence-corrected chi connectivity index (χ3v) is 6.09. The number of benzene rings is 2. The molecule has 212 valence electrons. The molecule has 1 atom stereocenters. The lowest BCUT2D eigenvalue weighted by Gasteiger charge is -2.15. The molecule has 0 aromatic heterocycles. The van der Waals surface area contributed by atoms with E-state index in [1.165, 1.54) is 0 Å². The van der Waals surface area contributed by atoms with Crippen molar-refractivity contribution in [2.75, 3.05) is 13.2 Å². The first-order chi connectivity index (χ1) is 19.9. The smallest absolute Gasteiger partial charge is 0.408 e. The summed E-state index contributed by atoms with van der Waals surface area (Å²) in [6, 6.07) is 15.4. The highest BCUT2D eigenvalue weighted by Gasteiger charge is 2.14. The second kappa shape index (κ2) is 16.4. The second-order valence-corrected chi connectivity index (χ2v) is 9.44. The van der Waals surface area contributed by atoms with E-state index in [0.29, 0.717) is 32.6 Å². The zero-order chi connectivity index (χ0) is 29.3. The molecule has 2 aromatic rings. The Morgan fingerprint density at radius 2 is 1.32 bits per heavy atom. The zero-order valence-electron chi connectivity index (χ0n) is 23.2. The number of carbonyl (C=O) groups is 2. The van der Waals surface area contributed by atoms with Gasteiger partial charge in [-0.2, -0.15) is 0 Å². The molecule has 0 spiro atoms. The molecule has 0 aliphatic heterocycles. The van der Waals surface area contributed by atoms with E-state index in [9.17, 15) is 9.59 Å². The van der Waals surface area contributed by atoms with Crippen LogP contribution in [0.15, 0.2) is 84.5 Å². The number of rotatable bonds is 8. The van der Waals surface area contributed by atoms with E-state index in [4.69, 9.17) is 20.9 Å². The lowest BCUT2D eigenvalue weighted by atomic mass is 9.88. The predicted octanol–water partition coefficient (Wildman–Crippen LogP) is 4.21. The van der Waals surface area contributed by atoms with Crippen molar-refractivity contribution < 1.29 is 19.1 Å². The summed E-state index contributed by atoms with van der Waals surface area (Å²) in [4.78, 5) is 23.9. The molecule has 8 nitrogen and oxygen atoms in total. The number of hydrogen-bond donors (Lipinski definition) is 4. The molecule has 1 unspecified atom stereocenters. The minimum absolute atomic E-state index is 0.0138. The standard InChI is InChI=1S/C33H36N4O4/c1-33(19-5-21-41-32(39)37-25-30-15-11-28(23-35)12-16-30)17-2-6-26(7-3-18-33)8-4-20-40-31(38)36-24-29-13-9-27(22-34)10-14-29/h2-3,6,9-18H,7,20-25,34-35H2,1H3,(H,36,38)(H,37,39)/b17-2-,18-3-,26-6?. The highest BCUT2D eigenvalue weighted by Crippen LogP contribution is 2.22. The molecule has 0 fully saturated rings. The number of allylic oxidation sites excluding steroid dienone is 6. The van der Waals surface area contributed by atoms with Crippen LogP contribution in [0.1, 0.15) is 35.6 Å². The average Bonchev–Trinajstić information content (AvgIpc) is 2.98. The highest BCUT2D eigenvalue weighted by atomic mass is 16.6. The van der Waals surface area contributed by atoms with E-state index in [2.05, 4.69) is 34.3 Å². The van der Waals surface area contributed by atoms with Gasteiger partial charge in [0.25, 0.3) is 0 Å². The van der Waals surface area contributed by atoms with E-state index in [1.807, 2.05) is 85.8 Å². The van der Waals surface area contributed by atoms with Gasteiger partial charge >= 0.3 is 12.2 Å². The van der Waals surface area contributed by atoms with E-state index in [-0.39, 0.29) is 13.2 Å². The fourth-order valence-corrected chi connectivity index (χ4v) is 3.71. The summed E-state index contributed by atoms with van der Waals surface area (Å²) in [5.74, 6) is 12.0. The van der Waals surface area contributed by atoms with Crippen LogP contribution < -0.4 is 22.1 Å². The van der Waals surface area contributed by atoms with Crippen molar-refractivity contribution in [3.05, 3.63) is 107 Å². The summed E-state index contributed by atoms with van der Waals surface area (Å²) in [7, 11) is 0. The minimum atomic E-state index is -0.527. The Balaban J connectivity index is 1.38. The van der Waals surface area contributed by atoms with E-state index >= 15 is 0 Å². The third kappa shape index (κ3) is 11.5. The highest BCUT2D eigenvalue weighted by molar-refractivity contribution is 5.67. The number of ether oxygens (including phenoxy) is 2. The maximum absolute atomic E-state index is 12.0. The Hall–Kier alpha value is -4.76. The number of amides is 2. The number of carbonyl (C=O) groups excluding carboxylic acids is 2. The van der Waals surface area contributed by atoms with Crippen LogP contribution in [0.4, 0.5) is 9.59 Å². The van der Waals surface area contributed by atoms with Gasteiger partial charge in [0, 0.05) is 31.8 Å². The first-order valence-corrected chi connectivity index (χ1v) is 13.3. The van der Waals surface area contributed by atoms with Crippen LogP contribution in [0.3, 0.4) is 0 Å². The monoisotopic (exact) mass is 552 g/mol. The Morgan fingerprint density at radius 3 is 1.85 bits per heavy atom. The molecular weight excluding hydrogens is 516 g/mol. The molecular formula is C33H36N4O4. The van der Waals surface area contributed by atoms with Crippen molar-refractivity contribution >= 4 is 12.2 Å². The molecule has 0 saturated carbocycles. The SMILES string of the molecule is CC1(C#CCOC(=O)NCc2ccc(CN)cc2)/C=C\C=C(C#CCOC(=O)NCc2ccc(CN)cc2)C/C=C\1. The van der Waals surface area contributed by atoms with Gasteiger partial charge in [-0.05, 0) is 35.6 Å². The summed E-state index contributed by atoms with van der Waals surface area (Å²) in [6.45, 7) is 3.63. The predicted molar refractivity (Wildman–Crippen MR) is 160 cm³/mol.